The number of aromatic nitrogens is 4. The Labute approximate surface area is 155 Å². The molecule has 27 heavy (non-hydrogen) atoms. The first-order valence-corrected chi connectivity index (χ1v) is 8.80. The molecule has 7 nitrogen and oxygen atoms in total. The summed E-state index contributed by atoms with van der Waals surface area (Å²) in [5, 5.41) is 3.47. The van der Waals surface area contributed by atoms with Crippen molar-refractivity contribution in [2.75, 3.05) is 0 Å². The summed E-state index contributed by atoms with van der Waals surface area (Å²) in [5.74, 6) is 0.553. The zero-order chi connectivity index (χ0) is 18.8. The summed E-state index contributed by atoms with van der Waals surface area (Å²) in [6.07, 6.45) is 1.67. The molecule has 2 aromatic heterocycles. The maximum absolute atomic E-state index is 12.5. The first-order valence-electron chi connectivity index (χ1n) is 8.80. The van der Waals surface area contributed by atoms with Gasteiger partial charge in [0.05, 0.1) is 34.3 Å². The number of amides is 1. The second-order valence-electron chi connectivity index (χ2n) is 6.44. The van der Waals surface area contributed by atoms with Gasteiger partial charge in [0.15, 0.2) is 0 Å². The lowest BCUT2D eigenvalue weighted by Crippen LogP contribution is -2.30. The van der Waals surface area contributed by atoms with Gasteiger partial charge in [-0.3, -0.25) is 14.2 Å². The molecule has 0 bridgehead atoms. The van der Waals surface area contributed by atoms with Gasteiger partial charge in [-0.25, -0.2) is 9.97 Å². The quantitative estimate of drug-likeness (QED) is 0.571. The Morgan fingerprint density at radius 3 is 2.70 bits per heavy atom. The van der Waals surface area contributed by atoms with Crippen molar-refractivity contribution in [1.29, 1.82) is 0 Å². The number of carbonyl (C=O) groups is 1. The van der Waals surface area contributed by atoms with Crippen LogP contribution in [0.2, 0.25) is 0 Å². The number of para-hydroxylation sites is 3. The summed E-state index contributed by atoms with van der Waals surface area (Å²) in [6.45, 7) is 2.15. The maximum Gasteiger partial charge on any atom is 0.261 e. The summed E-state index contributed by atoms with van der Waals surface area (Å²) in [6, 6.07) is 14.6. The number of aromatic amines is 1. The molecule has 0 spiro atoms. The molecule has 0 aliphatic rings. The third-order valence-electron chi connectivity index (χ3n) is 4.51. The van der Waals surface area contributed by atoms with Crippen LogP contribution in [0.15, 0.2) is 59.7 Å². The number of fused-ring (bicyclic) bond motifs is 2. The average Bonchev–Trinajstić information content (AvgIpc) is 3.12. The van der Waals surface area contributed by atoms with Gasteiger partial charge in [-0.2, -0.15) is 0 Å². The number of carbonyl (C=O) groups excluding carboxylic acids is 1. The van der Waals surface area contributed by atoms with Crippen molar-refractivity contribution >= 4 is 27.8 Å². The lowest BCUT2D eigenvalue weighted by atomic mass is 10.2. The van der Waals surface area contributed by atoms with Crippen LogP contribution in [0.3, 0.4) is 0 Å². The van der Waals surface area contributed by atoms with E-state index in [1.165, 1.54) is 10.9 Å². The van der Waals surface area contributed by atoms with Crippen LogP contribution >= 0.6 is 0 Å². The summed E-state index contributed by atoms with van der Waals surface area (Å²) in [5.41, 5.74) is 2.31. The van der Waals surface area contributed by atoms with Crippen molar-refractivity contribution in [2.45, 2.75) is 25.9 Å². The van der Waals surface area contributed by atoms with Crippen molar-refractivity contribution in [1.82, 2.24) is 24.8 Å². The maximum atomic E-state index is 12.5. The molecule has 1 unspecified atom stereocenters. The van der Waals surface area contributed by atoms with Gasteiger partial charge in [0.1, 0.15) is 5.82 Å². The van der Waals surface area contributed by atoms with Crippen LogP contribution in [0.5, 0.6) is 0 Å². The third kappa shape index (κ3) is 3.44. The van der Waals surface area contributed by atoms with Gasteiger partial charge in [-0.1, -0.05) is 24.3 Å². The highest BCUT2D eigenvalue weighted by Crippen LogP contribution is 2.15. The van der Waals surface area contributed by atoms with Gasteiger partial charge < -0.3 is 10.3 Å². The lowest BCUT2D eigenvalue weighted by molar-refractivity contribution is -0.122. The number of hydrogen-bond acceptors (Lipinski definition) is 4. The molecule has 2 aromatic carbocycles. The zero-order valence-electron chi connectivity index (χ0n) is 14.8. The molecule has 1 atom stereocenters. The second kappa shape index (κ2) is 7.03. The second-order valence-corrected chi connectivity index (χ2v) is 6.44. The molecule has 0 fully saturated rings. The number of nitrogens with one attached hydrogen (secondary N) is 2. The van der Waals surface area contributed by atoms with E-state index in [9.17, 15) is 9.59 Å². The van der Waals surface area contributed by atoms with E-state index in [-0.39, 0.29) is 30.5 Å². The summed E-state index contributed by atoms with van der Waals surface area (Å²) < 4.78 is 1.47. The molecule has 136 valence electrons. The van der Waals surface area contributed by atoms with Crippen LogP contribution in [0.4, 0.5) is 0 Å². The van der Waals surface area contributed by atoms with Crippen LogP contribution in [-0.2, 0) is 11.3 Å². The smallest absolute Gasteiger partial charge is 0.261 e. The number of imidazole rings is 1. The zero-order valence-corrected chi connectivity index (χ0v) is 14.8. The van der Waals surface area contributed by atoms with Crippen LogP contribution in [-0.4, -0.2) is 25.4 Å². The van der Waals surface area contributed by atoms with E-state index in [0.717, 1.165) is 11.0 Å². The van der Waals surface area contributed by atoms with Crippen molar-refractivity contribution < 1.29 is 4.79 Å². The van der Waals surface area contributed by atoms with Crippen molar-refractivity contribution in [3.05, 3.63) is 71.0 Å². The molecule has 2 heterocycles. The van der Waals surface area contributed by atoms with E-state index in [1.54, 1.807) is 18.2 Å². The highest BCUT2D eigenvalue weighted by Gasteiger charge is 2.14. The fraction of sp³-hybridized carbons (Fsp3) is 0.200. The molecule has 0 saturated heterocycles. The van der Waals surface area contributed by atoms with E-state index in [4.69, 9.17) is 0 Å². The van der Waals surface area contributed by atoms with E-state index >= 15 is 0 Å². The molecule has 0 radical (unpaired) electrons. The number of nitrogens with zero attached hydrogens (tertiary/aromatic N) is 3. The first-order chi connectivity index (χ1) is 13.1. The van der Waals surface area contributed by atoms with Gasteiger partial charge in [-0.05, 0) is 31.2 Å². The number of H-pyrrole nitrogens is 1. The summed E-state index contributed by atoms with van der Waals surface area (Å²) in [7, 11) is 0. The minimum atomic E-state index is -0.253. The Balaban J connectivity index is 1.42. The lowest BCUT2D eigenvalue weighted by Gasteiger charge is -2.12. The van der Waals surface area contributed by atoms with Crippen LogP contribution in [0.25, 0.3) is 21.9 Å². The monoisotopic (exact) mass is 361 g/mol. The predicted octanol–water partition coefficient (Wildman–Crippen LogP) is 2.54. The molecular formula is C20H19N5O2. The van der Waals surface area contributed by atoms with Gasteiger partial charge in [-0.15, -0.1) is 0 Å². The number of aryl methyl sites for hydroxylation is 1. The van der Waals surface area contributed by atoms with Crippen molar-refractivity contribution in [3.63, 3.8) is 0 Å². The van der Waals surface area contributed by atoms with E-state index in [2.05, 4.69) is 20.3 Å². The van der Waals surface area contributed by atoms with Gasteiger partial charge in [0, 0.05) is 13.0 Å². The number of hydrogen-bond donors (Lipinski definition) is 2. The van der Waals surface area contributed by atoms with E-state index < -0.39 is 0 Å². The van der Waals surface area contributed by atoms with E-state index in [1.807, 2.05) is 37.3 Å². The molecule has 0 aliphatic carbocycles. The van der Waals surface area contributed by atoms with Crippen molar-refractivity contribution in [3.8, 4) is 0 Å². The standard InChI is InChI=1S/C20H19N5O2/c1-13(19-23-16-8-4-5-9-17(16)24-19)22-18(26)10-11-25-12-21-15-7-3-2-6-14(15)20(25)27/h2-9,12-13H,10-11H2,1H3,(H,22,26)(H,23,24). The minimum absolute atomic E-state index is 0.140. The molecule has 0 aliphatic heterocycles. The fourth-order valence-electron chi connectivity index (χ4n) is 3.05. The first kappa shape index (κ1) is 17.0. The Bertz CT molecular complexity index is 1140. The third-order valence-corrected chi connectivity index (χ3v) is 4.51. The van der Waals surface area contributed by atoms with Gasteiger partial charge in [0.25, 0.3) is 5.56 Å². The number of benzene rings is 2. The Kier molecular flexibility index (Phi) is 4.42. The molecular weight excluding hydrogens is 342 g/mol. The molecule has 4 aromatic rings. The van der Waals surface area contributed by atoms with Crippen LogP contribution < -0.4 is 10.9 Å². The normalized spacial score (nSPS) is 12.3. The molecule has 1 amide bonds. The summed E-state index contributed by atoms with van der Waals surface area (Å²) >= 11 is 0. The van der Waals surface area contributed by atoms with Crippen LogP contribution in [0.1, 0.15) is 25.2 Å². The van der Waals surface area contributed by atoms with Gasteiger partial charge in [0.2, 0.25) is 5.91 Å². The Morgan fingerprint density at radius 2 is 1.89 bits per heavy atom. The number of rotatable bonds is 5. The highest BCUT2D eigenvalue weighted by molar-refractivity contribution is 5.78. The minimum Gasteiger partial charge on any atom is -0.346 e. The SMILES string of the molecule is CC(NC(=O)CCn1cnc2ccccc2c1=O)c1nc2ccccc2[nH]1. The Hall–Kier alpha value is -3.48. The highest BCUT2D eigenvalue weighted by atomic mass is 16.2. The molecule has 4 rings (SSSR count). The van der Waals surface area contributed by atoms with E-state index in [0.29, 0.717) is 16.7 Å². The molecule has 2 N–H and O–H groups in total. The van der Waals surface area contributed by atoms with Gasteiger partial charge >= 0.3 is 0 Å². The average molecular weight is 361 g/mol. The predicted molar refractivity (Wildman–Crippen MR) is 103 cm³/mol. The van der Waals surface area contributed by atoms with Crippen molar-refractivity contribution in [2.24, 2.45) is 0 Å². The Morgan fingerprint density at radius 1 is 1.15 bits per heavy atom. The topological polar surface area (TPSA) is 92.7 Å². The fourth-order valence-corrected chi connectivity index (χ4v) is 3.05. The summed E-state index contributed by atoms with van der Waals surface area (Å²) in [4.78, 5) is 36.7. The largest absolute Gasteiger partial charge is 0.346 e. The van der Waals surface area contributed by atoms with Crippen LogP contribution in [0, 0.1) is 0 Å². The molecule has 0 saturated carbocycles. The molecule has 7 heteroatoms.